The van der Waals surface area contributed by atoms with Crippen molar-refractivity contribution in [1.29, 1.82) is 0 Å². The first-order valence-electron chi connectivity index (χ1n) is 9.29. The predicted octanol–water partition coefficient (Wildman–Crippen LogP) is 7.67. The molecule has 33 heavy (non-hydrogen) atoms. The van der Waals surface area contributed by atoms with Crippen LogP contribution in [0.1, 0.15) is 27.0 Å². The molecule has 0 saturated heterocycles. The molecule has 0 atom stereocenters. The summed E-state index contributed by atoms with van der Waals surface area (Å²) in [6.07, 6.45) is -3.18. The summed E-state index contributed by atoms with van der Waals surface area (Å²) in [6.45, 7) is 0. The van der Waals surface area contributed by atoms with E-state index in [-0.39, 0.29) is 16.0 Å². The van der Waals surface area contributed by atoms with Crippen molar-refractivity contribution >= 4 is 45.2 Å². The Kier molecular flexibility index (Phi) is 7.70. The van der Waals surface area contributed by atoms with Gasteiger partial charge in [-0.15, -0.1) is 11.8 Å². The standard InChI is InChI=1S/C23H14BrF4NO3S/c24-18-8-1-14(2-9-18)13-33-21(12-15-3-10-19(25)20(11-15)29(31)32)22(30)16-4-6-17(7-5-16)23(26,27)28/h1-12H,13H2/b21-12+. The monoisotopic (exact) mass is 539 g/mol. The van der Waals surface area contributed by atoms with Crippen LogP contribution < -0.4 is 0 Å². The summed E-state index contributed by atoms with van der Waals surface area (Å²) in [6, 6.07) is 14.3. The fourth-order valence-electron chi connectivity index (χ4n) is 2.78. The number of halogens is 5. The molecule has 0 aliphatic carbocycles. The lowest BCUT2D eigenvalue weighted by Gasteiger charge is -2.10. The van der Waals surface area contributed by atoms with E-state index in [1.54, 1.807) is 0 Å². The van der Waals surface area contributed by atoms with Gasteiger partial charge in [-0.05, 0) is 47.5 Å². The van der Waals surface area contributed by atoms with Crippen LogP contribution in [-0.4, -0.2) is 10.7 Å². The molecule has 10 heteroatoms. The third-order valence-electron chi connectivity index (χ3n) is 4.47. The maximum absolute atomic E-state index is 13.7. The number of ketones is 1. The molecule has 0 bridgehead atoms. The van der Waals surface area contributed by atoms with E-state index in [2.05, 4.69) is 15.9 Å². The van der Waals surface area contributed by atoms with Gasteiger partial charge < -0.3 is 0 Å². The molecular weight excluding hydrogens is 526 g/mol. The molecule has 0 aromatic heterocycles. The smallest absolute Gasteiger partial charge is 0.288 e. The minimum absolute atomic E-state index is 0.0224. The number of Topliss-reactive ketones (excluding diaryl/α,β-unsaturated/α-hetero) is 1. The fourth-order valence-corrected chi connectivity index (χ4v) is 4.03. The van der Waals surface area contributed by atoms with Crippen molar-refractivity contribution in [3.8, 4) is 0 Å². The number of carbonyl (C=O) groups excluding carboxylic acids is 1. The Morgan fingerprint density at radius 2 is 1.67 bits per heavy atom. The molecule has 3 aromatic rings. The summed E-state index contributed by atoms with van der Waals surface area (Å²) in [5.74, 6) is -1.22. The molecule has 0 saturated carbocycles. The maximum Gasteiger partial charge on any atom is 0.416 e. The molecule has 0 N–H and O–H groups in total. The van der Waals surface area contributed by atoms with E-state index in [0.717, 1.165) is 58.2 Å². The summed E-state index contributed by atoms with van der Waals surface area (Å²) in [5.41, 5.74) is -0.528. The third kappa shape index (κ3) is 6.52. The topological polar surface area (TPSA) is 60.2 Å². The quantitative estimate of drug-likeness (QED) is 0.101. The van der Waals surface area contributed by atoms with E-state index in [1.165, 1.54) is 12.1 Å². The molecule has 0 radical (unpaired) electrons. The van der Waals surface area contributed by atoms with Crippen LogP contribution in [0.15, 0.2) is 76.1 Å². The average molecular weight is 540 g/mol. The normalized spacial score (nSPS) is 12.0. The minimum Gasteiger partial charge on any atom is -0.288 e. The van der Waals surface area contributed by atoms with Gasteiger partial charge in [-0.1, -0.05) is 46.3 Å². The van der Waals surface area contributed by atoms with Gasteiger partial charge in [0, 0.05) is 21.9 Å². The Bertz CT molecular complexity index is 1210. The summed E-state index contributed by atoms with van der Waals surface area (Å²) >= 11 is 4.45. The second-order valence-electron chi connectivity index (χ2n) is 6.80. The maximum atomic E-state index is 13.7. The Morgan fingerprint density at radius 1 is 1.03 bits per heavy atom. The number of allylic oxidation sites excluding steroid dienone is 1. The largest absolute Gasteiger partial charge is 0.416 e. The first-order chi connectivity index (χ1) is 15.5. The van der Waals surface area contributed by atoms with Gasteiger partial charge in [0.15, 0.2) is 5.78 Å². The Labute approximate surface area is 198 Å². The lowest BCUT2D eigenvalue weighted by atomic mass is 10.1. The van der Waals surface area contributed by atoms with Crippen LogP contribution in [0.25, 0.3) is 6.08 Å². The Balaban J connectivity index is 1.96. The lowest BCUT2D eigenvalue weighted by Crippen LogP contribution is -2.07. The van der Waals surface area contributed by atoms with Crippen molar-refractivity contribution in [1.82, 2.24) is 0 Å². The van der Waals surface area contributed by atoms with Gasteiger partial charge in [0.25, 0.3) is 0 Å². The molecule has 0 aliphatic rings. The van der Waals surface area contributed by atoms with Gasteiger partial charge in [0.05, 0.1) is 15.4 Å². The number of hydrogen-bond acceptors (Lipinski definition) is 4. The second kappa shape index (κ2) is 10.3. The molecule has 170 valence electrons. The highest BCUT2D eigenvalue weighted by molar-refractivity contribution is 9.10. The molecule has 4 nitrogen and oxygen atoms in total. The number of thioether (sulfide) groups is 1. The fraction of sp³-hybridized carbons (Fsp3) is 0.0870. The Hall–Kier alpha value is -2.98. The van der Waals surface area contributed by atoms with E-state index in [1.807, 2.05) is 24.3 Å². The zero-order valence-corrected chi connectivity index (χ0v) is 19.0. The Morgan fingerprint density at radius 3 is 2.24 bits per heavy atom. The van der Waals surface area contributed by atoms with Crippen molar-refractivity contribution in [3.05, 3.63) is 114 Å². The van der Waals surface area contributed by atoms with Crippen LogP contribution in [-0.2, 0) is 11.9 Å². The summed E-state index contributed by atoms with van der Waals surface area (Å²) < 4.78 is 53.1. The van der Waals surface area contributed by atoms with Crippen LogP contribution in [0.5, 0.6) is 0 Å². The van der Waals surface area contributed by atoms with Crippen molar-refractivity contribution in [2.24, 2.45) is 0 Å². The van der Waals surface area contributed by atoms with E-state index >= 15 is 0 Å². The number of carbonyl (C=O) groups is 1. The average Bonchev–Trinajstić information content (AvgIpc) is 2.77. The van der Waals surface area contributed by atoms with Crippen LogP contribution in [0.3, 0.4) is 0 Å². The van der Waals surface area contributed by atoms with E-state index in [9.17, 15) is 32.5 Å². The van der Waals surface area contributed by atoms with Gasteiger partial charge >= 0.3 is 11.9 Å². The third-order valence-corrected chi connectivity index (χ3v) is 6.09. The van der Waals surface area contributed by atoms with Gasteiger partial charge in [0.1, 0.15) is 0 Å². The van der Waals surface area contributed by atoms with E-state index < -0.39 is 34.0 Å². The molecule has 0 fully saturated rings. The number of benzene rings is 3. The molecule has 0 amide bonds. The zero-order chi connectivity index (χ0) is 24.2. The second-order valence-corrected chi connectivity index (χ2v) is 8.73. The van der Waals surface area contributed by atoms with Crippen LogP contribution in [0.2, 0.25) is 0 Å². The van der Waals surface area contributed by atoms with E-state index in [4.69, 9.17) is 0 Å². The molecule has 0 unspecified atom stereocenters. The SMILES string of the molecule is O=C(/C(=C\c1ccc(F)c([N+](=O)[O-])c1)SCc1ccc(Br)cc1)c1ccc(C(F)(F)F)cc1. The van der Waals surface area contributed by atoms with E-state index in [0.29, 0.717) is 5.75 Å². The first-order valence-corrected chi connectivity index (χ1v) is 11.1. The van der Waals surface area contributed by atoms with Crippen molar-refractivity contribution in [3.63, 3.8) is 0 Å². The molecule has 0 spiro atoms. The first kappa shape index (κ1) is 24.7. The summed E-state index contributed by atoms with van der Waals surface area (Å²) in [5, 5.41) is 11.0. The lowest BCUT2D eigenvalue weighted by molar-refractivity contribution is -0.387. The molecule has 3 aromatic carbocycles. The number of nitro groups is 1. The highest BCUT2D eigenvalue weighted by Crippen LogP contribution is 2.32. The van der Waals surface area contributed by atoms with Gasteiger partial charge in [-0.2, -0.15) is 17.6 Å². The molecule has 0 heterocycles. The molecular formula is C23H14BrF4NO3S. The summed E-state index contributed by atoms with van der Waals surface area (Å²) in [4.78, 5) is 23.4. The van der Waals surface area contributed by atoms with Gasteiger partial charge in [-0.3, -0.25) is 14.9 Å². The zero-order valence-electron chi connectivity index (χ0n) is 16.6. The summed E-state index contributed by atoms with van der Waals surface area (Å²) in [7, 11) is 0. The number of hydrogen-bond donors (Lipinski definition) is 0. The van der Waals surface area contributed by atoms with Crippen molar-refractivity contribution < 1.29 is 27.3 Å². The van der Waals surface area contributed by atoms with Crippen molar-refractivity contribution in [2.45, 2.75) is 11.9 Å². The van der Waals surface area contributed by atoms with Crippen LogP contribution in [0.4, 0.5) is 23.2 Å². The minimum atomic E-state index is -4.54. The van der Waals surface area contributed by atoms with Crippen molar-refractivity contribution in [2.75, 3.05) is 0 Å². The molecule has 3 rings (SSSR count). The number of alkyl halides is 3. The number of nitrogens with zero attached hydrogens (tertiary/aromatic N) is 1. The predicted molar refractivity (Wildman–Crippen MR) is 122 cm³/mol. The number of nitro benzene ring substituents is 1. The van der Waals surface area contributed by atoms with Gasteiger partial charge in [-0.25, -0.2) is 0 Å². The molecule has 0 aliphatic heterocycles. The van der Waals surface area contributed by atoms with Crippen LogP contribution in [0, 0.1) is 15.9 Å². The number of rotatable bonds is 7. The van der Waals surface area contributed by atoms with Gasteiger partial charge in [0.2, 0.25) is 5.82 Å². The highest BCUT2D eigenvalue weighted by Gasteiger charge is 2.30. The highest BCUT2D eigenvalue weighted by atomic mass is 79.9. The van der Waals surface area contributed by atoms with Crippen LogP contribution >= 0.6 is 27.7 Å².